The Bertz CT molecular complexity index is 557. The fourth-order valence-electron chi connectivity index (χ4n) is 2.00. The molecule has 1 heterocycles. The van der Waals surface area contributed by atoms with Gasteiger partial charge >= 0.3 is 0 Å². The molecule has 0 spiro atoms. The Kier molecular flexibility index (Phi) is 2.00. The van der Waals surface area contributed by atoms with Crippen LogP contribution in [0.1, 0.15) is 16.1 Å². The summed E-state index contributed by atoms with van der Waals surface area (Å²) in [6, 6.07) is 4.75. The van der Waals surface area contributed by atoms with E-state index in [1.807, 2.05) is 0 Å². The fraction of sp³-hybridized carbons (Fsp3) is 0.182. The number of carbonyl (C=O) groups excluding carboxylic acids is 1. The van der Waals surface area contributed by atoms with E-state index in [1.165, 1.54) is 6.07 Å². The molecule has 1 aromatic carbocycles. The Morgan fingerprint density at radius 1 is 1.47 bits per heavy atom. The highest BCUT2D eigenvalue weighted by molar-refractivity contribution is 6.00. The molecule has 0 fully saturated rings. The van der Waals surface area contributed by atoms with Gasteiger partial charge in [0, 0.05) is 12.4 Å². The highest BCUT2D eigenvalue weighted by Gasteiger charge is 2.17. The number of carbonyl (C=O) groups is 1. The van der Waals surface area contributed by atoms with Gasteiger partial charge in [0.15, 0.2) is 0 Å². The number of nitrogens with zero attached hydrogens (tertiary/aromatic N) is 1. The lowest BCUT2D eigenvalue weighted by Gasteiger charge is -1.99. The fourth-order valence-corrected chi connectivity index (χ4v) is 2.00. The minimum absolute atomic E-state index is 0.326. The summed E-state index contributed by atoms with van der Waals surface area (Å²) in [5, 5.41) is 0.466. The first-order valence-corrected chi connectivity index (χ1v) is 4.57. The van der Waals surface area contributed by atoms with Crippen molar-refractivity contribution in [2.24, 2.45) is 12.8 Å². The normalized spacial score (nSPS) is 10.9. The number of rotatable bonds is 1. The SMILES string of the molecule is Cc1c(C(N)=O)n(C)c2cccc(F)c12. The van der Waals surface area contributed by atoms with Gasteiger partial charge in [0.25, 0.3) is 5.91 Å². The van der Waals surface area contributed by atoms with E-state index < -0.39 is 5.91 Å². The Hall–Kier alpha value is -1.84. The first kappa shape index (κ1) is 9.71. The lowest BCUT2D eigenvalue weighted by atomic mass is 10.1. The van der Waals surface area contributed by atoms with Crippen molar-refractivity contribution in [1.82, 2.24) is 4.57 Å². The zero-order valence-electron chi connectivity index (χ0n) is 8.54. The molecule has 0 aliphatic heterocycles. The molecule has 15 heavy (non-hydrogen) atoms. The van der Waals surface area contributed by atoms with Crippen LogP contribution in [0.15, 0.2) is 18.2 Å². The van der Waals surface area contributed by atoms with E-state index in [4.69, 9.17) is 5.73 Å². The second kappa shape index (κ2) is 3.08. The summed E-state index contributed by atoms with van der Waals surface area (Å²) in [4.78, 5) is 11.2. The van der Waals surface area contributed by atoms with Crippen molar-refractivity contribution in [2.75, 3.05) is 0 Å². The third-order valence-electron chi connectivity index (χ3n) is 2.65. The number of nitrogens with two attached hydrogens (primary N) is 1. The molecule has 0 unspecified atom stereocenters. The van der Waals surface area contributed by atoms with Crippen LogP contribution in [0.4, 0.5) is 4.39 Å². The molecule has 2 rings (SSSR count). The number of hydrogen-bond acceptors (Lipinski definition) is 1. The van der Waals surface area contributed by atoms with Crippen molar-refractivity contribution >= 4 is 16.8 Å². The predicted molar refractivity (Wildman–Crippen MR) is 56.1 cm³/mol. The first-order chi connectivity index (χ1) is 7.04. The molecule has 3 nitrogen and oxygen atoms in total. The van der Waals surface area contributed by atoms with Crippen LogP contribution < -0.4 is 5.73 Å². The van der Waals surface area contributed by atoms with Gasteiger partial charge in [-0.2, -0.15) is 0 Å². The van der Waals surface area contributed by atoms with Gasteiger partial charge in [0.05, 0.1) is 5.52 Å². The highest BCUT2D eigenvalue weighted by Crippen LogP contribution is 2.26. The second-order valence-electron chi connectivity index (χ2n) is 3.53. The number of halogens is 1. The Labute approximate surface area is 86.3 Å². The zero-order valence-corrected chi connectivity index (χ0v) is 8.54. The average molecular weight is 206 g/mol. The van der Waals surface area contributed by atoms with Crippen LogP contribution in [0, 0.1) is 12.7 Å². The summed E-state index contributed by atoms with van der Waals surface area (Å²) >= 11 is 0. The molecule has 0 aliphatic rings. The monoisotopic (exact) mass is 206 g/mol. The van der Waals surface area contributed by atoms with Crippen molar-refractivity contribution < 1.29 is 9.18 Å². The number of hydrogen-bond donors (Lipinski definition) is 1. The highest BCUT2D eigenvalue weighted by atomic mass is 19.1. The molecule has 0 bridgehead atoms. The largest absolute Gasteiger partial charge is 0.364 e. The molecular weight excluding hydrogens is 195 g/mol. The van der Waals surface area contributed by atoms with Crippen LogP contribution in [0.5, 0.6) is 0 Å². The number of amides is 1. The van der Waals surface area contributed by atoms with Gasteiger partial charge in [-0.25, -0.2) is 4.39 Å². The van der Waals surface area contributed by atoms with Crippen LogP contribution in [0.3, 0.4) is 0 Å². The van der Waals surface area contributed by atoms with Crippen molar-refractivity contribution in [3.05, 3.63) is 35.3 Å². The minimum Gasteiger partial charge on any atom is -0.364 e. The van der Waals surface area contributed by atoms with Gasteiger partial charge in [-0.15, -0.1) is 0 Å². The topological polar surface area (TPSA) is 48.0 Å². The molecule has 0 atom stereocenters. The van der Waals surface area contributed by atoms with Gasteiger partial charge < -0.3 is 10.3 Å². The maximum atomic E-state index is 13.5. The quantitative estimate of drug-likeness (QED) is 0.758. The summed E-state index contributed by atoms with van der Waals surface area (Å²) in [5.41, 5.74) is 6.88. The first-order valence-electron chi connectivity index (χ1n) is 4.57. The summed E-state index contributed by atoms with van der Waals surface area (Å²) in [6.07, 6.45) is 0. The van der Waals surface area contributed by atoms with Gasteiger partial charge in [0.1, 0.15) is 11.5 Å². The molecule has 0 radical (unpaired) electrons. The number of aryl methyl sites for hydroxylation is 2. The zero-order chi connectivity index (χ0) is 11.2. The standard InChI is InChI=1S/C11H11FN2O/c1-6-9-7(12)4-3-5-8(9)14(2)10(6)11(13)15/h3-5H,1-2H3,(H2,13,15). The van der Waals surface area contributed by atoms with E-state index in [0.717, 1.165) is 0 Å². The van der Waals surface area contributed by atoms with Crippen LogP contribution in [-0.4, -0.2) is 10.5 Å². The van der Waals surface area contributed by atoms with Crippen molar-refractivity contribution in [3.63, 3.8) is 0 Å². The Balaban J connectivity index is 2.98. The molecular formula is C11H11FN2O. The maximum absolute atomic E-state index is 13.5. The van der Waals surface area contributed by atoms with Crippen molar-refractivity contribution in [1.29, 1.82) is 0 Å². The van der Waals surface area contributed by atoms with E-state index in [2.05, 4.69) is 0 Å². The average Bonchev–Trinajstić information content (AvgIpc) is 2.40. The van der Waals surface area contributed by atoms with Gasteiger partial charge in [-0.3, -0.25) is 4.79 Å². The van der Waals surface area contributed by atoms with Crippen molar-refractivity contribution in [2.45, 2.75) is 6.92 Å². The maximum Gasteiger partial charge on any atom is 0.265 e. The Morgan fingerprint density at radius 2 is 2.13 bits per heavy atom. The van der Waals surface area contributed by atoms with Gasteiger partial charge in [-0.05, 0) is 24.6 Å². The minimum atomic E-state index is -0.536. The smallest absolute Gasteiger partial charge is 0.265 e. The molecule has 0 saturated heterocycles. The van der Waals surface area contributed by atoms with E-state index >= 15 is 0 Å². The number of benzene rings is 1. The third kappa shape index (κ3) is 1.21. The third-order valence-corrected chi connectivity index (χ3v) is 2.65. The van der Waals surface area contributed by atoms with Crippen molar-refractivity contribution in [3.8, 4) is 0 Å². The van der Waals surface area contributed by atoms with Gasteiger partial charge in [-0.1, -0.05) is 6.07 Å². The Morgan fingerprint density at radius 3 is 2.67 bits per heavy atom. The van der Waals surface area contributed by atoms with E-state index in [1.54, 1.807) is 30.7 Å². The molecule has 1 aromatic heterocycles. The van der Waals surface area contributed by atoms with E-state index in [0.29, 0.717) is 22.2 Å². The molecule has 0 saturated carbocycles. The van der Waals surface area contributed by atoms with Crippen LogP contribution in [0.25, 0.3) is 10.9 Å². The van der Waals surface area contributed by atoms with Crippen LogP contribution in [-0.2, 0) is 7.05 Å². The van der Waals surface area contributed by atoms with Crippen LogP contribution in [0.2, 0.25) is 0 Å². The molecule has 1 amide bonds. The summed E-state index contributed by atoms with van der Waals surface area (Å²) < 4.78 is 15.2. The summed E-state index contributed by atoms with van der Waals surface area (Å²) in [6.45, 7) is 1.70. The molecule has 2 aromatic rings. The number of primary amides is 1. The molecule has 4 heteroatoms. The summed E-state index contributed by atoms with van der Waals surface area (Å²) in [5.74, 6) is -0.862. The molecule has 78 valence electrons. The molecule has 0 aliphatic carbocycles. The predicted octanol–water partition coefficient (Wildman–Crippen LogP) is 1.72. The lowest BCUT2D eigenvalue weighted by Crippen LogP contribution is -2.16. The van der Waals surface area contributed by atoms with Crippen LogP contribution >= 0.6 is 0 Å². The van der Waals surface area contributed by atoms with E-state index in [9.17, 15) is 9.18 Å². The second-order valence-corrected chi connectivity index (χ2v) is 3.53. The summed E-state index contributed by atoms with van der Waals surface area (Å²) in [7, 11) is 1.70. The van der Waals surface area contributed by atoms with E-state index in [-0.39, 0.29) is 5.82 Å². The lowest BCUT2D eigenvalue weighted by molar-refractivity contribution is 0.0992. The molecule has 2 N–H and O–H groups in total. The number of fused-ring (bicyclic) bond motifs is 1. The van der Waals surface area contributed by atoms with Gasteiger partial charge in [0.2, 0.25) is 0 Å². The number of aromatic nitrogens is 1.